The third-order valence-corrected chi connectivity index (χ3v) is 4.47. The van der Waals surface area contributed by atoms with Gasteiger partial charge in [-0.05, 0) is 65.7 Å². The van der Waals surface area contributed by atoms with Crippen LogP contribution in [0.15, 0.2) is 23.3 Å². The Morgan fingerprint density at radius 2 is 1.73 bits per heavy atom. The molecule has 0 N–H and O–H groups in total. The molecule has 0 amide bonds. The van der Waals surface area contributed by atoms with E-state index in [0.29, 0.717) is 0 Å². The molecule has 1 aliphatic rings. The second-order valence-corrected chi connectivity index (χ2v) is 7.28. The van der Waals surface area contributed by atoms with Crippen LogP contribution in [0.5, 0.6) is 0 Å². The molecule has 22 heavy (non-hydrogen) atoms. The van der Waals surface area contributed by atoms with E-state index in [1.165, 1.54) is 43.3 Å². The van der Waals surface area contributed by atoms with Crippen LogP contribution in [0.2, 0.25) is 0 Å². The van der Waals surface area contributed by atoms with Gasteiger partial charge in [0.05, 0.1) is 13.2 Å². The molecular formula is C20H36O2. The lowest BCUT2D eigenvalue weighted by molar-refractivity contribution is -0.145. The molecule has 1 fully saturated rings. The topological polar surface area (TPSA) is 18.5 Å². The van der Waals surface area contributed by atoms with E-state index in [1.54, 1.807) is 0 Å². The summed E-state index contributed by atoms with van der Waals surface area (Å²) in [6.07, 6.45) is 13.2. The summed E-state index contributed by atoms with van der Waals surface area (Å²) in [7, 11) is 0. The molecule has 2 nitrogen and oxygen atoms in total. The van der Waals surface area contributed by atoms with E-state index < -0.39 is 0 Å². The van der Waals surface area contributed by atoms with Gasteiger partial charge in [-0.2, -0.15) is 0 Å². The summed E-state index contributed by atoms with van der Waals surface area (Å²) in [5.74, 6) is 0.499. The second kappa shape index (κ2) is 10.2. The van der Waals surface area contributed by atoms with Crippen LogP contribution >= 0.6 is 0 Å². The first-order chi connectivity index (χ1) is 10.4. The minimum absolute atomic E-state index is 0.337. The number of rotatable bonds is 10. The summed E-state index contributed by atoms with van der Waals surface area (Å²) in [4.78, 5) is 0. The van der Waals surface area contributed by atoms with Gasteiger partial charge in [-0.1, -0.05) is 36.6 Å². The minimum atomic E-state index is -0.337. The van der Waals surface area contributed by atoms with Crippen LogP contribution in [0, 0.1) is 5.92 Å². The maximum Gasteiger partial charge on any atom is 0.166 e. The number of ether oxygens (including phenoxy) is 2. The van der Waals surface area contributed by atoms with E-state index in [9.17, 15) is 0 Å². The van der Waals surface area contributed by atoms with Crippen molar-refractivity contribution in [3.8, 4) is 0 Å². The number of allylic oxidation sites excluding steroid dienone is 4. The Bertz CT molecular complexity index is 358. The van der Waals surface area contributed by atoms with Crippen molar-refractivity contribution in [1.82, 2.24) is 0 Å². The Morgan fingerprint density at radius 1 is 1.05 bits per heavy atom. The lowest BCUT2D eigenvalue weighted by Gasteiger charge is -2.21. The predicted molar refractivity (Wildman–Crippen MR) is 95.0 cm³/mol. The van der Waals surface area contributed by atoms with Crippen molar-refractivity contribution in [3.05, 3.63) is 23.3 Å². The van der Waals surface area contributed by atoms with Crippen molar-refractivity contribution in [2.75, 3.05) is 13.2 Å². The van der Waals surface area contributed by atoms with Crippen LogP contribution in [-0.2, 0) is 9.47 Å². The fourth-order valence-electron chi connectivity index (χ4n) is 2.91. The van der Waals surface area contributed by atoms with Crippen molar-refractivity contribution in [3.63, 3.8) is 0 Å². The third kappa shape index (κ3) is 8.75. The van der Waals surface area contributed by atoms with Gasteiger partial charge in [0, 0.05) is 6.42 Å². The zero-order valence-corrected chi connectivity index (χ0v) is 15.4. The molecule has 0 saturated carbocycles. The summed E-state index contributed by atoms with van der Waals surface area (Å²) in [5.41, 5.74) is 2.95. The maximum absolute atomic E-state index is 5.63. The van der Waals surface area contributed by atoms with Gasteiger partial charge < -0.3 is 9.47 Å². The molecule has 1 heterocycles. The van der Waals surface area contributed by atoms with E-state index in [-0.39, 0.29) is 5.79 Å². The van der Waals surface area contributed by atoms with Gasteiger partial charge in [0.25, 0.3) is 0 Å². The molecule has 0 unspecified atom stereocenters. The molecule has 1 rings (SSSR count). The van der Waals surface area contributed by atoms with Crippen LogP contribution in [0.25, 0.3) is 0 Å². The van der Waals surface area contributed by atoms with Gasteiger partial charge in [0.15, 0.2) is 5.79 Å². The van der Waals surface area contributed by atoms with Crippen LogP contribution < -0.4 is 0 Å². The van der Waals surface area contributed by atoms with Gasteiger partial charge in [-0.25, -0.2) is 0 Å². The molecule has 0 bridgehead atoms. The Kier molecular flexibility index (Phi) is 9.04. The highest BCUT2D eigenvalue weighted by Crippen LogP contribution is 2.25. The molecule has 0 aromatic carbocycles. The molecule has 1 atom stereocenters. The largest absolute Gasteiger partial charge is 0.348 e. The van der Waals surface area contributed by atoms with Crippen molar-refractivity contribution in [2.24, 2.45) is 5.92 Å². The predicted octanol–water partition coefficient (Wildman–Crippen LogP) is 6.03. The fourth-order valence-corrected chi connectivity index (χ4v) is 2.91. The zero-order chi connectivity index (χ0) is 16.4. The molecule has 0 aliphatic carbocycles. The summed E-state index contributed by atoms with van der Waals surface area (Å²) in [6, 6.07) is 0. The highest BCUT2D eigenvalue weighted by molar-refractivity contribution is 4.98. The third-order valence-electron chi connectivity index (χ3n) is 4.47. The lowest BCUT2D eigenvalue weighted by Crippen LogP contribution is -2.24. The molecule has 128 valence electrons. The minimum Gasteiger partial charge on any atom is -0.348 e. The Morgan fingerprint density at radius 3 is 2.36 bits per heavy atom. The number of hydrogen-bond donors (Lipinski definition) is 0. The summed E-state index contributed by atoms with van der Waals surface area (Å²) in [5, 5.41) is 0. The van der Waals surface area contributed by atoms with Crippen molar-refractivity contribution in [2.45, 2.75) is 85.4 Å². The fraction of sp³-hybridized carbons (Fsp3) is 0.800. The first kappa shape index (κ1) is 19.4. The quantitative estimate of drug-likeness (QED) is 0.459. The van der Waals surface area contributed by atoms with Crippen molar-refractivity contribution >= 4 is 0 Å². The second-order valence-electron chi connectivity index (χ2n) is 7.28. The summed E-state index contributed by atoms with van der Waals surface area (Å²) >= 11 is 0. The normalized spacial score (nSPS) is 19.2. The average molecular weight is 309 g/mol. The Hall–Kier alpha value is -0.600. The zero-order valence-electron chi connectivity index (χ0n) is 15.4. The molecule has 0 spiro atoms. The van der Waals surface area contributed by atoms with E-state index in [2.05, 4.69) is 46.8 Å². The van der Waals surface area contributed by atoms with E-state index in [1.807, 2.05) is 0 Å². The molecule has 0 radical (unpaired) electrons. The van der Waals surface area contributed by atoms with Gasteiger partial charge in [0.2, 0.25) is 0 Å². The first-order valence-corrected chi connectivity index (χ1v) is 8.98. The van der Waals surface area contributed by atoms with Gasteiger partial charge >= 0.3 is 0 Å². The van der Waals surface area contributed by atoms with E-state index in [0.717, 1.165) is 32.0 Å². The summed E-state index contributed by atoms with van der Waals surface area (Å²) in [6.45, 7) is 12.5. The average Bonchev–Trinajstić information content (AvgIpc) is 2.85. The first-order valence-electron chi connectivity index (χ1n) is 8.98. The molecule has 1 aliphatic heterocycles. The van der Waals surface area contributed by atoms with Gasteiger partial charge in [0.1, 0.15) is 0 Å². The Balaban J connectivity index is 2.10. The van der Waals surface area contributed by atoms with Crippen LogP contribution in [0.3, 0.4) is 0 Å². The van der Waals surface area contributed by atoms with Crippen molar-refractivity contribution in [1.29, 1.82) is 0 Å². The van der Waals surface area contributed by atoms with Crippen LogP contribution in [-0.4, -0.2) is 19.0 Å². The molecule has 0 aromatic heterocycles. The molecule has 1 saturated heterocycles. The molecular weight excluding hydrogens is 272 g/mol. The SMILES string of the molecule is CC(C)=CCC[C@@H](C)CCC/C(C)=C/CCC1(C)OCCO1. The van der Waals surface area contributed by atoms with Crippen molar-refractivity contribution < 1.29 is 9.47 Å². The smallest absolute Gasteiger partial charge is 0.166 e. The van der Waals surface area contributed by atoms with E-state index >= 15 is 0 Å². The van der Waals surface area contributed by atoms with Gasteiger partial charge in [-0.15, -0.1) is 0 Å². The molecule has 2 heteroatoms. The van der Waals surface area contributed by atoms with Crippen LogP contribution in [0.4, 0.5) is 0 Å². The highest BCUT2D eigenvalue weighted by atomic mass is 16.7. The van der Waals surface area contributed by atoms with Crippen LogP contribution in [0.1, 0.15) is 79.6 Å². The monoisotopic (exact) mass is 308 g/mol. The lowest BCUT2D eigenvalue weighted by atomic mass is 9.96. The standard InChI is InChI=1S/C20H36O2/c1-17(2)9-6-10-18(3)11-7-12-19(4)13-8-14-20(5)21-15-16-22-20/h9,13,18H,6-8,10-12,14-16H2,1-5H3/b19-13+/t18-/m1/s1. The highest BCUT2D eigenvalue weighted by Gasteiger charge is 2.29. The summed E-state index contributed by atoms with van der Waals surface area (Å²) < 4.78 is 11.3. The number of hydrogen-bond acceptors (Lipinski definition) is 2. The Labute approximate surface area is 138 Å². The van der Waals surface area contributed by atoms with E-state index in [4.69, 9.17) is 9.47 Å². The van der Waals surface area contributed by atoms with Gasteiger partial charge in [-0.3, -0.25) is 0 Å². The maximum atomic E-state index is 5.63. The molecule has 0 aromatic rings.